The van der Waals surface area contributed by atoms with Gasteiger partial charge in [0.1, 0.15) is 5.57 Å². The van der Waals surface area contributed by atoms with Crippen LogP contribution in [0.3, 0.4) is 0 Å². The minimum absolute atomic E-state index is 0.0186. The van der Waals surface area contributed by atoms with Crippen molar-refractivity contribution in [1.29, 1.82) is 0 Å². The number of carboxylic acid groups (broad SMARTS) is 1. The fraction of sp³-hybridized carbons (Fsp3) is 0.0833. The summed E-state index contributed by atoms with van der Waals surface area (Å²) < 4.78 is 5.11. The molecule has 0 bridgehead atoms. The Bertz CT molecular complexity index is 602. The molecule has 0 atom stereocenters. The number of benzene rings is 1. The summed E-state index contributed by atoms with van der Waals surface area (Å²) in [5.41, 5.74) is 0.630. The van der Waals surface area contributed by atoms with Crippen LogP contribution >= 0.6 is 11.6 Å². The maximum absolute atomic E-state index is 11.2. The molecular weight excluding hydrogens is 256 g/mol. The van der Waals surface area contributed by atoms with Crippen molar-refractivity contribution < 1.29 is 14.3 Å². The minimum Gasteiger partial charge on any atom is -0.477 e. The highest BCUT2D eigenvalue weighted by atomic mass is 35.5. The van der Waals surface area contributed by atoms with Gasteiger partial charge in [0.2, 0.25) is 5.89 Å². The second-order valence-corrected chi connectivity index (χ2v) is 3.98. The number of aryl methyl sites for hydroxylation is 1. The predicted octanol–water partition coefficient (Wildman–Crippen LogP) is 2.66. The van der Waals surface area contributed by atoms with Crippen molar-refractivity contribution in [2.45, 2.75) is 6.92 Å². The molecule has 92 valence electrons. The zero-order valence-electron chi connectivity index (χ0n) is 9.42. The zero-order chi connectivity index (χ0) is 13.1. The quantitative estimate of drug-likeness (QED) is 0.863. The third-order valence-electron chi connectivity index (χ3n) is 2.17. The number of aliphatic carboxylic acids is 1. The van der Waals surface area contributed by atoms with Gasteiger partial charge in [0.25, 0.3) is 5.89 Å². The van der Waals surface area contributed by atoms with E-state index in [0.29, 0.717) is 16.5 Å². The summed E-state index contributed by atoms with van der Waals surface area (Å²) in [7, 11) is 0. The summed E-state index contributed by atoms with van der Waals surface area (Å²) in [4.78, 5) is 11.2. The Hall–Kier alpha value is -2.14. The molecule has 5 nitrogen and oxygen atoms in total. The van der Waals surface area contributed by atoms with Gasteiger partial charge in [-0.15, -0.1) is 10.2 Å². The summed E-state index contributed by atoms with van der Waals surface area (Å²) in [6, 6.07) is 6.75. The molecule has 1 aromatic heterocycles. The SMILES string of the molecule is Cc1nnc(/C(=C/c2ccc(Cl)cc2)C(=O)O)o1. The first-order valence-corrected chi connectivity index (χ1v) is 5.45. The first-order chi connectivity index (χ1) is 8.56. The van der Waals surface area contributed by atoms with Crippen LogP contribution in [0.15, 0.2) is 28.7 Å². The molecule has 0 aliphatic heterocycles. The first-order valence-electron chi connectivity index (χ1n) is 5.07. The largest absolute Gasteiger partial charge is 0.477 e. The van der Waals surface area contributed by atoms with Crippen molar-refractivity contribution in [1.82, 2.24) is 10.2 Å². The fourth-order valence-electron chi connectivity index (χ4n) is 1.35. The molecule has 2 aromatic rings. The van der Waals surface area contributed by atoms with Gasteiger partial charge in [-0.1, -0.05) is 23.7 Å². The standard InChI is InChI=1S/C12H9ClN2O3/c1-7-14-15-11(18-7)10(12(16)17)6-8-2-4-9(13)5-3-8/h2-6H,1H3,(H,16,17)/b10-6-. The summed E-state index contributed by atoms with van der Waals surface area (Å²) in [6.45, 7) is 1.60. The molecule has 0 amide bonds. The third-order valence-corrected chi connectivity index (χ3v) is 2.42. The minimum atomic E-state index is -1.13. The lowest BCUT2D eigenvalue weighted by molar-refractivity contribution is -0.130. The lowest BCUT2D eigenvalue weighted by atomic mass is 10.1. The molecule has 6 heteroatoms. The molecule has 0 saturated heterocycles. The molecule has 18 heavy (non-hydrogen) atoms. The van der Waals surface area contributed by atoms with E-state index < -0.39 is 5.97 Å². The molecular formula is C12H9ClN2O3. The molecule has 0 unspecified atom stereocenters. The van der Waals surface area contributed by atoms with Gasteiger partial charge in [0.05, 0.1) is 0 Å². The van der Waals surface area contributed by atoms with Crippen molar-refractivity contribution in [3.8, 4) is 0 Å². The summed E-state index contributed by atoms with van der Waals surface area (Å²) in [5.74, 6) is -0.836. The predicted molar refractivity (Wildman–Crippen MR) is 66.0 cm³/mol. The van der Waals surface area contributed by atoms with Gasteiger partial charge < -0.3 is 9.52 Å². The maximum atomic E-state index is 11.2. The van der Waals surface area contributed by atoms with Crippen LogP contribution in [0.4, 0.5) is 0 Å². The van der Waals surface area contributed by atoms with Crippen LogP contribution in [0.2, 0.25) is 5.02 Å². The monoisotopic (exact) mass is 264 g/mol. The molecule has 1 N–H and O–H groups in total. The van der Waals surface area contributed by atoms with E-state index >= 15 is 0 Å². The molecule has 0 spiro atoms. The van der Waals surface area contributed by atoms with Crippen molar-refractivity contribution in [2.24, 2.45) is 0 Å². The first kappa shape index (κ1) is 12.3. The van der Waals surface area contributed by atoms with E-state index in [2.05, 4.69) is 10.2 Å². The topological polar surface area (TPSA) is 76.2 Å². The lowest BCUT2D eigenvalue weighted by Crippen LogP contribution is -2.00. The molecule has 0 aliphatic carbocycles. The van der Waals surface area contributed by atoms with Gasteiger partial charge in [0.15, 0.2) is 0 Å². The number of rotatable bonds is 3. The van der Waals surface area contributed by atoms with E-state index in [-0.39, 0.29) is 11.5 Å². The molecule has 0 aliphatic rings. The van der Waals surface area contributed by atoms with E-state index in [1.165, 1.54) is 6.08 Å². The Labute approximate surface area is 108 Å². The van der Waals surface area contributed by atoms with Gasteiger partial charge in [-0.3, -0.25) is 0 Å². The molecule has 0 saturated carbocycles. The van der Waals surface area contributed by atoms with Gasteiger partial charge in [-0.2, -0.15) is 0 Å². The van der Waals surface area contributed by atoms with Gasteiger partial charge in [0, 0.05) is 11.9 Å². The Balaban J connectivity index is 2.42. The smallest absolute Gasteiger partial charge is 0.341 e. The Morgan fingerprint density at radius 1 is 1.33 bits per heavy atom. The van der Waals surface area contributed by atoms with Crippen LogP contribution in [0.25, 0.3) is 11.6 Å². The molecule has 1 heterocycles. The van der Waals surface area contributed by atoms with Crippen LogP contribution < -0.4 is 0 Å². The third kappa shape index (κ3) is 2.75. The van der Waals surface area contributed by atoms with Crippen LogP contribution in [-0.2, 0) is 4.79 Å². The van der Waals surface area contributed by atoms with E-state index in [9.17, 15) is 4.79 Å². The van der Waals surface area contributed by atoms with E-state index in [0.717, 1.165) is 0 Å². The summed E-state index contributed by atoms with van der Waals surface area (Å²) >= 11 is 5.75. The Morgan fingerprint density at radius 2 is 2.00 bits per heavy atom. The highest BCUT2D eigenvalue weighted by Gasteiger charge is 2.16. The van der Waals surface area contributed by atoms with Crippen LogP contribution in [0.5, 0.6) is 0 Å². The molecule has 1 aromatic carbocycles. The summed E-state index contributed by atoms with van der Waals surface area (Å²) in [5, 5.41) is 17.0. The average Bonchev–Trinajstić information content (AvgIpc) is 2.74. The number of carboxylic acids is 1. The number of aromatic nitrogens is 2. The molecule has 2 rings (SSSR count). The van der Waals surface area contributed by atoms with E-state index in [1.807, 2.05) is 0 Å². The van der Waals surface area contributed by atoms with E-state index in [4.69, 9.17) is 21.1 Å². The normalized spacial score (nSPS) is 11.6. The zero-order valence-corrected chi connectivity index (χ0v) is 10.2. The van der Waals surface area contributed by atoms with Crippen LogP contribution in [-0.4, -0.2) is 21.3 Å². The van der Waals surface area contributed by atoms with Gasteiger partial charge in [-0.25, -0.2) is 4.79 Å². The highest BCUT2D eigenvalue weighted by Crippen LogP contribution is 2.18. The highest BCUT2D eigenvalue weighted by molar-refractivity contribution is 6.30. The van der Waals surface area contributed by atoms with Crippen molar-refractivity contribution in [2.75, 3.05) is 0 Å². The van der Waals surface area contributed by atoms with Gasteiger partial charge in [-0.05, 0) is 23.8 Å². The second-order valence-electron chi connectivity index (χ2n) is 3.54. The van der Waals surface area contributed by atoms with Crippen molar-refractivity contribution in [3.05, 3.63) is 46.6 Å². The average molecular weight is 265 g/mol. The number of carbonyl (C=O) groups is 1. The maximum Gasteiger partial charge on any atom is 0.341 e. The molecule has 0 fully saturated rings. The number of hydrogen-bond acceptors (Lipinski definition) is 4. The van der Waals surface area contributed by atoms with Crippen molar-refractivity contribution in [3.63, 3.8) is 0 Å². The number of hydrogen-bond donors (Lipinski definition) is 1. The Kier molecular flexibility index (Phi) is 3.43. The Morgan fingerprint density at radius 3 is 2.50 bits per heavy atom. The molecule has 0 radical (unpaired) electrons. The number of halogens is 1. The van der Waals surface area contributed by atoms with Crippen LogP contribution in [0, 0.1) is 6.92 Å². The van der Waals surface area contributed by atoms with Gasteiger partial charge >= 0.3 is 5.97 Å². The fourth-order valence-corrected chi connectivity index (χ4v) is 1.47. The van der Waals surface area contributed by atoms with Crippen molar-refractivity contribution >= 4 is 29.2 Å². The lowest BCUT2D eigenvalue weighted by Gasteiger charge is -1.98. The second kappa shape index (κ2) is 5.01. The van der Waals surface area contributed by atoms with E-state index in [1.54, 1.807) is 31.2 Å². The summed E-state index contributed by atoms with van der Waals surface area (Å²) in [6.07, 6.45) is 1.45. The van der Waals surface area contributed by atoms with Crippen LogP contribution in [0.1, 0.15) is 17.3 Å². The number of nitrogens with zero attached hydrogens (tertiary/aromatic N) is 2.